The Morgan fingerprint density at radius 2 is 1.07 bits per heavy atom. The van der Waals surface area contributed by atoms with Crippen molar-refractivity contribution >= 4 is 17.7 Å². The van der Waals surface area contributed by atoms with Crippen LogP contribution >= 0.6 is 11.8 Å². The number of benzene rings is 2. The summed E-state index contributed by atoms with van der Waals surface area (Å²) in [6.45, 7) is 5.44. The third-order valence-electron chi connectivity index (χ3n) is 9.73. The highest BCUT2D eigenvalue weighted by Gasteiger charge is 2.90. The Bertz CT molecular complexity index is 1500. The summed E-state index contributed by atoms with van der Waals surface area (Å²) in [7, 11) is 0. The Morgan fingerprint density at radius 3 is 1.54 bits per heavy atom. The molecule has 57 heavy (non-hydrogen) atoms. The third kappa shape index (κ3) is 13.4. The largest absolute Gasteiger partial charge is 0.460 e. The smallest absolute Gasteiger partial charge is 0.426 e. The number of aryl methyl sites for hydroxylation is 2. The highest BCUT2D eigenvalue weighted by molar-refractivity contribution is 7.99. The number of rotatable bonds is 27. The van der Waals surface area contributed by atoms with Crippen molar-refractivity contribution in [1.82, 2.24) is 0 Å². The van der Waals surface area contributed by atoms with Gasteiger partial charge in [0.1, 0.15) is 5.75 Å². The zero-order valence-electron chi connectivity index (χ0n) is 32.5. The van der Waals surface area contributed by atoms with Crippen LogP contribution in [0.1, 0.15) is 144 Å². The van der Waals surface area contributed by atoms with Crippen molar-refractivity contribution < 1.29 is 66.6 Å². The maximum absolute atomic E-state index is 14.7. The minimum absolute atomic E-state index is 0.0190. The van der Waals surface area contributed by atoms with Crippen molar-refractivity contribution in [2.45, 2.75) is 171 Å². The van der Waals surface area contributed by atoms with Gasteiger partial charge in [0.2, 0.25) is 0 Å². The molecule has 0 heterocycles. The van der Waals surface area contributed by atoms with Crippen LogP contribution in [0.4, 0.5) is 57.1 Å². The van der Waals surface area contributed by atoms with Gasteiger partial charge in [-0.3, -0.25) is 4.79 Å². The Kier molecular flexibility index (Phi) is 19.6. The summed E-state index contributed by atoms with van der Waals surface area (Å²) < 4.78 is 184. The van der Waals surface area contributed by atoms with E-state index in [9.17, 15) is 61.9 Å². The number of hydrogen-bond acceptors (Lipinski definition) is 3. The van der Waals surface area contributed by atoms with E-state index in [1.807, 2.05) is 0 Å². The molecule has 326 valence electrons. The first kappa shape index (κ1) is 50.5. The molecule has 0 saturated heterocycles. The van der Waals surface area contributed by atoms with Gasteiger partial charge in [0, 0.05) is 24.2 Å². The van der Waals surface area contributed by atoms with Crippen molar-refractivity contribution in [2.75, 3.05) is 5.75 Å². The average Bonchev–Trinajstić information content (AvgIpc) is 3.12. The first-order valence-electron chi connectivity index (χ1n) is 19.4. The molecule has 0 fully saturated rings. The number of thioether (sulfide) groups is 1. The molecule has 16 heteroatoms. The van der Waals surface area contributed by atoms with Crippen molar-refractivity contribution in [3.05, 3.63) is 64.7 Å². The third-order valence-corrected chi connectivity index (χ3v) is 11.0. The molecule has 2 aromatic rings. The zero-order chi connectivity index (χ0) is 43.1. The molecule has 0 aliphatic rings. The van der Waals surface area contributed by atoms with Gasteiger partial charge in [-0.05, 0) is 31.4 Å². The lowest BCUT2D eigenvalue weighted by Gasteiger charge is -2.39. The van der Waals surface area contributed by atoms with E-state index >= 15 is 0 Å². The fourth-order valence-corrected chi connectivity index (χ4v) is 7.70. The predicted octanol–water partition coefficient (Wildman–Crippen LogP) is 15.4. The van der Waals surface area contributed by atoms with Gasteiger partial charge in [0.05, 0.1) is 5.25 Å². The van der Waals surface area contributed by atoms with Crippen LogP contribution in [0.25, 0.3) is 0 Å². The van der Waals surface area contributed by atoms with Gasteiger partial charge in [0.15, 0.2) is 0 Å². The number of alkyl halides is 13. The number of halogens is 13. The molecule has 0 aromatic heterocycles. The van der Waals surface area contributed by atoms with E-state index in [-0.39, 0.29) is 17.7 Å². The molecule has 2 nitrogen and oxygen atoms in total. The monoisotopic (exact) mass is 856 g/mol. The van der Waals surface area contributed by atoms with Crippen LogP contribution in [0.2, 0.25) is 0 Å². The molecular weight excluding hydrogens is 803 g/mol. The summed E-state index contributed by atoms with van der Waals surface area (Å²) in [6, 6.07) is 10.8. The van der Waals surface area contributed by atoms with E-state index < -0.39 is 59.2 Å². The summed E-state index contributed by atoms with van der Waals surface area (Å²) in [4.78, 5) is 13.0. The molecule has 2 aromatic carbocycles. The summed E-state index contributed by atoms with van der Waals surface area (Å²) in [5.41, 5.74) is 1.56. The van der Waals surface area contributed by atoms with Crippen LogP contribution in [0.5, 0.6) is 5.75 Å². The Hall–Kier alpha value is -2.65. The van der Waals surface area contributed by atoms with E-state index in [4.69, 9.17) is 4.74 Å². The molecule has 0 spiro atoms. The van der Waals surface area contributed by atoms with Gasteiger partial charge < -0.3 is 4.74 Å². The highest BCUT2D eigenvalue weighted by atomic mass is 32.2. The number of ether oxygens (including phenoxy) is 1. The summed E-state index contributed by atoms with van der Waals surface area (Å²) >= 11 is 0.432. The quantitative estimate of drug-likeness (QED) is 0.0388. The van der Waals surface area contributed by atoms with Crippen LogP contribution in [0.3, 0.4) is 0 Å². The topological polar surface area (TPSA) is 26.3 Å². The normalized spacial score (nSPS) is 13.9. The summed E-state index contributed by atoms with van der Waals surface area (Å²) in [5, 5.41) is -1.11. The van der Waals surface area contributed by atoms with E-state index in [2.05, 4.69) is 6.92 Å². The molecule has 1 unspecified atom stereocenters. The van der Waals surface area contributed by atoms with Gasteiger partial charge in [-0.25, -0.2) is 0 Å². The first-order valence-corrected chi connectivity index (χ1v) is 20.4. The van der Waals surface area contributed by atoms with Gasteiger partial charge in [-0.1, -0.05) is 145 Å². The van der Waals surface area contributed by atoms with Gasteiger partial charge in [-0.15, -0.1) is 11.8 Å². The Labute approximate surface area is 331 Å². The molecule has 0 aliphatic heterocycles. The molecular formula is C41H53F13O2S. The zero-order valence-corrected chi connectivity index (χ0v) is 33.3. The highest BCUT2D eigenvalue weighted by Crippen LogP contribution is 2.61. The van der Waals surface area contributed by atoms with Crippen molar-refractivity contribution in [2.24, 2.45) is 0 Å². The second kappa shape index (κ2) is 22.1. The standard InChI is InChI=1S/C41H53F13O2S/c1-4-5-6-7-8-9-10-11-12-13-14-15-16-17-21-24-33(55)56-34-30(3)27-29(2)28-32(34)35(31-22-19-18-20-23-31)57-26-25-36(42,43)37(44,45)38(46,47)39(48,49)40(50,51)41(52,53)54/h18-20,22-23,27-28,35H,4-17,21,24-26H2,1-3H3. The fourth-order valence-electron chi connectivity index (χ4n) is 6.38. The number of carbonyl (C=O) groups is 1. The lowest BCUT2D eigenvalue weighted by atomic mass is 9.93. The lowest BCUT2D eigenvalue weighted by Crippen LogP contribution is -2.70. The van der Waals surface area contributed by atoms with Crippen LogP contribution in [-0.4, -0.2) is 47.5 Å². The van der Waals surface area contributed by atoms with Crippen molar-refractivity contribution in [3.8, 4) is 5.75 Å². The van der Waals surface area contributed by atoms with Gasteiger partial charge in [0.25, 0.3) is 0 Å². The number of esters is 1. The van der Waals surface area contributed by atoms with Crippen LogP contribution in [0.15, 0.2) is 42.5 Å². The molecule has 0 N–H and O–H groups in total. The van der Waals surface area contributed by atoms with E-state index in [0.29, 0.717) is 34.9 Å². The summed E-state index contributed by atoms with van der Waals surface area (Å²) in [6.07, 6.45) is 7.11. The SMILES string of the molecule is CCCCCCCCCCCCCCCCCC(=O)Oc1c(C)cc(C)cc1C(SCCC(F)(F)C(F)(F)C(F)(F)C(F)(F)C(F)(F)C(F)(F)F)c1ccccc1. The molecule has 0 saturated carbocycles. The minimum Gasteiger partial charge on any atom is -0.426 e. The van der Waals surface area contributed by atoms with Crippen LogP contribution in [0, 0.1) is 13.8 Å². The molecule has 2 rings (SSSR count). The minimum atomic E-state index is -7.95. The first-order chi connectivity index (χ1) is 26.5. The summed E-state index contributed by atoms with van der Waals surface area (Å²) in [5.74, 6) is -38.9. The fraction of sp³-hybridized carbons (Fsp3) is 0.683. The molecule has 0 amide bonds. The van der Waals surface area contributed by atoms with Crippen molar-refractivity contribution in [1.29, 1.82) is 0 Å². The molecule has 0 radical (unpaired) electrons. The van der Waals surface area contributed by atoms with Crippen LogP contribution in [-0.2, 0) is 4.79 Å². The van der Waals surface area contributed by atoms with E-state index in [1.165, 1.54) is 88.1 Å². The number of carbonyl (C=O) groups excluding carboxylic acids is 1. The lowest BCUT2D eigenvalue weighted by molar-refractivity contribution is -0.439. The molecule has 0 aliphatic carbocycles. The Balaban J connectivity index is 2.09. The second-order valence-corrected chi connectivity index (χ2v) is 15.8. The van der Waals surface area contributed by atoms with Gasteiger partial charge >= 0.3 is 41.8 Å². The maximum atomic E-state index is 14.7. The molecule has 0 bridgehead atoms. The van der Waals surface area contributed by atoms with Gasteiger partial charge in [-0.2, -0.15) is 57.1 Å². The van der Waals surface area contributed by atoms with Crippen LogP contribution < -0.4 is 4.74 Å². The Morgan fingerprint density at radius 1 is 0.614 bits per heavy atom. The number of hydrogen-bond donors (Lipinski definition) is 0. The maximum Gasteiger partial charge on any atom is 0.460 e. The predicted molar refractivity (Wildman–Crippen MR) is 197 cm³/mol. The van der Waals surface area contributed by atoms with Crippen molar-refractivity contribution in [3.63, 3.8) is 0 Å². The molecule has 1 atom stereocenters. The van der Waals surface area contributed by atoms with E-state index in [1.54, 1.807) is 26.0 Å². The average molecular weight is 857 g/mol. The van der Waals surface area contributed by atoms with E-state index in [0.717, 1.165) is 32.1 Å². The second-order valence-electron chi connectivity index (χ2n) is 14.6. The number of unbranched alkanes of at least 4 members (excludes halogenated alkanes) is 14.